The number of carbonyl (C=O) groups is 1. The fourth-order valence-corrected chi connectivity index (χ4v) is 0.356. The van der Waals surface area contributed by atoms with Crippen molar-refractivity contribution >= 4 is 5.97 Å². The van der Waals surface area contributed by atoms with Gasteiger partial charge in [-0.05, 0) is 13.8 Å². The third-order valence-electron chi connectivity index (χ3n) is 0.879. The molecule has 0 aromatic heterocycles. The molecule has 0 bridgehead atoms. The van der Waals surface area contributed by atoms with Crippen LogP contribution in [0, 0.1) is 0 Å². The highest BCUT2D eigenvalue weighted by molar-refractivity contribution is 5.62. The Morgan fingerprint density at radius 1 is 1.46 bits per heavy atom. The molecule has 0 aliphatic carbocycles. The van der Waals surface area contributed by atoms with Crippen LogP contribution in [0.25, 0.3) is 0 Å². The summed E-state index contributed by atoms with van der Waals surface area (Å²) in [5, 5.41) is 24.5. The van der Waals surface area contributed by atoms with Crippen molar-refractivity contribution in [1.82, 2.24) is 0 Å². The summed E-state index contributed by atoms with van der Waals surface area (Å²) in [6.45, 7) is 4.78. The standard InChI is InChI=1S/C6H14O3.C2H4O2/c1-5(8)4-9-6(2)3-7;1-2(3)4/h5-8H,3-4H2,1-2H3;1H3,(H,3,4). The van der Waals surface area contributed by atoms with Gasteiger partial charge in [-0.15, -0.1) is 0 Å². The van der Waals surface area contributed by atoms with E-state index in [0.29, 0.717) is 6.61 Å². The first-order valence-corrected chi connectivity index (χ1v) is 4.00. The number of hydrogen-bond donors (Lipinski definition) is 3. The Balaban J connectivity index is 0. The average Bonchev–Trinajstić information content (AvgIpc) is 1.99. The van der Waals surface area contributed by atoms with Crippen molar-refractivity contribution in [2.24, 2.45) is 0 Å². The molecule has 0 radical (unpaired) electrons. The van der Waals surface area contributed by atoms with Crippen LogP contribution < -0.4 is 0 Å². The first-order chi connectivity index (χ1) is 5.90. The van der Waals surface area contributed by atoms with Crippen LogP contribution in [0.1, 0.15) is 20.8 Å². The van der Waals surface area contributed by atoms with E-state index in [1.165, 1.54) is 0 Å². The third-order valence-corrected chi connectivity index (χ3v) is 0.879. The average molecular weight is 194 g/mol. The minimum atomic E-state index is -0.833. The third kappa shape index (κ3) is 24.6. The molecule has 2 unspecified atom stereocenters. The van der Waals surface area contributed by atoms with E-state index in [2.05, 4.69) is 0 Å². The van der Waals surface area contributed by atoms with Gasteiger partial charge in [0.1, 0.15) is 0 Å². The van der Waals surface area contributed by atoms with Crippen LogP contribution in [0.2, 0.25) is 0 Å². The van der Waals surface area contributed by atoms with Crippen molar-refractivity contribution in [2.75, 3.05) is 13.2 Å². The minimum absolute atomic E-state index is 0.00667. The monoisotopic (exact) mass is 194 g/mol. The predicted octanol–water partition coefficient (Wildman–Crippen LogP) is -0.145. The zero-order valence-electron chi connectivity index (χ0n) is 8.23. The van der Waals surface area contributed by atoms with Gasteiger partial charge in [-0.2, -0.15) is 0 Å². The summed E-state index contributed by atoms with van der Waals surface area (Å²) < 4.78 is 4.95. The summed E-state index contributed by atoms with van der Waals surface area (Å²) in [7, 11) is 0. The number of hydrogen-bond acceptors (Lipinski definition) is 4. The highest BCUT2D eigenvalue weighted by Crippen LogP contribution is 1.90. The first kappa shape index (κ1) is 14.9. The van der Waals surface area contributed by atoms with E-state index in [9.17, 15) is 0 Å². The van der Waals surface area contributed by atoms with Crippen molar-refractivity contribution < 1.29 is 24.9 Å². The van der Waals surface area contributed by atoms with Gasteiger partial charge in [0.05, 0.1) is 25.4 Å². The summed E-state index contributed by atoms with van der Waals surface area (Å²) >= 11 is 0. The van der Waals surface area contributed by atoms with Crippen molar-refractivity contribution in [3.05, 3.63) is 0 Å². The molecule has 5 nitrogen and oxygen atoms in total. The molecule has 0 aliphatic heterocycles. The number of carboxylic acid groups (broad SMARTS) is 1. The number of ether oxygens (including phenoxy) is 1. The predicted molar refractivity (Wildman–Crippen MR) is 47.5 cm³/mol. The maximum Gasteiger partial charge on any atom is 0.300 e. The molecule has 0 saturated carbocycles. The molecule has 5 heteroatoms. The van der Waals surface area contributed by atoms with E-state index in [4.69, 9.17) is 24.9 Å². The molecular weight excluding hydrogens is 176 g/mol. The number of aliphatic hydroxyl groups excluding tert-OH is 2. The van der Waals surface area contributed by atoms with Crippen molar-refractivity contribution in [2.45, 2.75) is 33.0 Å². The van der Waals surface area contributed by atoms with Gasteiger partial charge >= 0.3 is 0 Å². The molecule has 3 N–H and O–H groups in total. The Morgan fingerprint density at radius 2 is 1.85 bits per heavy atom. The van der Waals surface area contributed by atoms with Crippen LogP contribution >= 0.6 is 0 Å². The van der Waals surface area contributed by atoms with Gasteiger partial charge in [0, 0.05) is 6.92 Å². The second-order valence-electron chi connectivity index (χ2n) is 2.69. The van der Waals surface area contributed by atoms with Crippen LogP contribution in [-0.4, -0.2) is 46.7 Å². The topological polar surface area (TPSA) is 87.0 Å². The van der Waals surface area contributed by atoms with Crippen LogP contribution in [0.4, 0.5) is 0 Å². The molecule has 0 aromatic carbocycles. The quantitative estimate of drug-likeness (QED) is 0.579. The second-order valence-corrected chi connectivity index (χ2v) is 2.69. The molecule has 0 fully saturated rings. The lowest BCUT2D eigenvalue weighted by Gasteiger charge is -2.10. The van der Waals surface area contributed by atoms with E-state index in [1.807, 2.05) is 0 Å². The molecule has 0 aliphatic rings. The van der Waals surface area contributed by atoms with Crippen molar-refractivity contribution in [3.8, 4) is 0 Å². The van der Waals surface area contributed by atoms with E-state index in [-0.39, 0.29) is 12.7 Å². The smallest absolute Gasteiger partial charge is 0.300 e. The molecule has 0 heterocycles. The fourth-order valence-electron chi connectivity index (χ4n) is 0.356. The summed E-state index contributed by atoms with van der Waals surface area (Å²) in [5.74, 6) is -0.833. The number of rotatable bonds is 4. The first-order valence-electron chi connectivity index (χ1n) is 4.00. The zero-order valence-corrected chi connectivity index (χ0v) is 8.23. The van der Waals surface area contributed by atoms with Gasteiger partial charge < -0.3 is 20.1 Å². The molecule has 80 valence electrons. The summed E-state index contributed by atoms with van der Waals surface area (Å²) in [4.78, 5) is 9.00. The molecule has 0 aromatic rings. The lowest BCUT2D eigenvalue weighted by molar-refractivity contribution is -0.134. The Bertz CT molecular complexity index is 120. The maximum atomic E-state index is 9.00. The van der Waals surface area contributed by atoms with E-state index in [1.54, 1.807) is 13.8 Å². The number of carboxylic acids is 1. The van der Waals surface area contributed by atoms with E-state index < -0.39 is 12.1 Å². The lowest BCUT2D eigenvalue weighted by Crippen LogP contribution is -2.19. The van der Waals surface area contributed by atoms with Crippen LogP contribution in [0.3, 0.4) is 0 Å². The molecule has 0 rings (SSSR count). The molecule has 2 atom stereocenters. The molecule has 0 spiro atoms. The highest BCUT2D eigenvalue weighted by atomic mass is 16.5. The van der Waals surface area contributed by atoms with Gasteiger partial charge in [-0.3, -0.25) is 4.79 Å². The Hall–Kier alpha value is -0.650. The van der Waals surface area contributed by atoms with Crippen molar-refractivity contribution in [1.29, 1.82) is 0 Å². The number of aliphatic hydroxyl groups is 2. The van der Waals surface area contributed by atoms with Crippen LogP contribution in [-0.2, 0) is 9.53 Å². The van der Waals surface area contributed by atoms with E-state index >= 15 is 0 Å². The minimum Gasteiger partial charge on any atom is -0.481 e. The van der Waals surface area contributed by atoms with Crippen molar-refractivity contribution in [3.63, 3.8) is 0 Å². The largest absolute Gasteiger partial charge is 0.481 e. The van der Waals surface area contributed by atoms with Gasteiger partial charge in [-0.25, -0.2) is 0 Å². The number of aliphatic carboxylic acids is 1. The normalized spacial score (nSPS) is 13.9. The van der Waals surface area contributed by atoms with Gasteiger partial charge in [-0.1, -0.05) is 0 Å². The molecular formula is C8H18O5. The Labute approximate surface area is 78.0 Å². The molecule has 13 heavy (non-hydrogen) atoms. The molecule has 0 amide bonds. The maximum absolute atomic E-state index is 9.00. The summed E-state index contributed by atoms with van der Waals surface area (Å²) in [5.41, 5.74) is 0. The van der Waals surface area contributed by atoms with Gasteiger partial charge in [0.15, 0.2) is 0 Å². The summed E-state index contributed by atoms with van der Waals surface area (Å²) in [6, 6.07) is 0. The Kier molecular flexibility index (Phi) is 10.8. The van der Waals surface area contributed by atoms with Crippen LogP contribution in [0.5, 0.6) is 0 Å². The van der Waals surface area contributed by atoms with Gasteiger partial charge in [0.2, 0.25) is 0 Å². The molecule has 0 saturated heterocycles. The SMILES string of the molecule is CC(=O)O.CC(O)COC(C)CO. The Morgan fingerprint density at radius 3 is 2.08 bits per heavy atom. The zero-order chi connectivity index (χ0) is 10.9. The lowest BCUT2D eigenvalue weighted by atomic mass is 10.4. The summed E-state index contributed by atoms with van der Waals surface area (Å²) in [6.07, 6.45) is -0.612. The highest BCUT2D eigenvalue weighted by Gasteiger charge is 2.00. The van der Waals surface area contributed by atoms with Gasteiger partial charge in [0.25, 0.3) is 5.97 Å². The van der Waals surface area contributed by atoms with E-state index in [0.717, 1.165) is 6.92 Å². The fraction of sp³-hybridized carbons (Fsp3) is 0.875. The van der Waals surface area contributed by atoms with Crippen LogP contribution in [0.15, 0.2) is 0 Å². The second kappa shape index (κ2) is 9.44.